The second-order valence-corrected chi connectivity index (χ2v) is 5.41. The van der Waals surface area contributed by atoms with E-state index in [9.17, 15) is 9.59 Å². The van der Waals surface area contributed by atoms with Crippen LogP contribution in [0.4, 0.5) is 0 Å². The standard InChI is InChI=1S/C13H19ClN2O2/c1-5-13(3,4)12(18)15-7-9-8(2)16-11(14)6-10(9)17/h6H,5,7H2,1-4H3,(H,15,18)(H,16,17). The maximum absolute atomic E-state index is 11.9. The fourth-order valence-electron chi connectivity index (χ4n) is 1.47. The van der Waals surface area contributed by atoms with Crippen molar-refractivity contribution >= 4 is 17.5 Å². The summed E-state index contributed by atoms with van der Waals surface area (Å²) in [6.45, 7) is 7.70. The lowest BCUT2D eigenvalue weighted by Crippen LogP contribution is -2.37. The van der Waals surface area contributed by atoms with E-state index in [-0.39, 0.29) is 17.9 Å². The van der Waals surface area contributed by atoms with Gasteiger partial charge in [-0.05, 0) is 13.3 Å². The molecule has 100 valence electrons. The highest BCUT2D eigenvalue weighted by atomic mass is 35.5. The number of aryl methyl sites for hydroxylation is 1. The number of rotatable bonds is 4. The number of aromatic nitrogens is 1. The van der Waals surface area contributed by atoms with Gasteiger partial charge in [0.2, 0.25) is 5.91 Å². The Labute approximate surface area is 112 Å². The molecular weight excluding hydrogens is 252 g/mol. The van der Waals surface area contributed by atoms with Gasteiger partial charge in [-0.25, -0.2) is 0 Å². The molecule has 0 atom stereocenters. The van der Waals surface area contributed by atoms with Gasteiger partial charge < -0.3 is 10.3 Å². The SMILES string of the molecule is CCC(C)(C)C(=O)NCc1c(C)[nH]c(Cl)cc1=O. The maximum atomic E-state index is 11.9. The Bertz CT molecular complexity index is 506. The summed E-state index contributed by atoms with van der Waals surface area (Å²) in [5, 5.41) is 3.10. The van der Waals surface area contributed by atoms with Gasteiger partial charge >= 0.3 is 0 Å². The molecule has 0 bridgehead atoms. The molecule has 0 fully saturated rings. The summed E-state index contributed by atoms with van der Waals surface area (Å²) < 4.78 is 0. The molecule has 0 saturated carbocycles. The number of hydrogen-bond donors (Lipinski definition) is 2. The first kappa shape index (κ1) is 14.8. The number of nitrogens with one attached hydrogen (secondary N) is 2. The van der Waals surface area contributed by atoms with Gasteiger partial charge in [0, 0.05) is 29.3 Å². The number of carbonyl (C=O) groups excluding carboxylic acids is 1. The zero-order valence-corrected chi connectivity index (χ0v) is 11.9. The van der Waals surface area contributed by atoms with E-state index in [1.54, 1.807) is 6.92 Å². The van der Waals surface area contributed by atoms with Crippen LogP contribution in [0.15, 0.2) is 10.9 Å². The topological polar surface area (TPSA) is 62.0 Å². The van der Waals surface area contributed by atoms with Crippen molar-refractivity contribution in [2.24, 2.45) is 5.41 Å². The van der Waals surface area contributed by atoms with Crippen LogP contribution in [0.5, 0.6) is 0 Å². The van der Waals surface area contributed by atoms with Crippen molar-refractivity contribution in [1.82, 2.24) is 10.3 Å². The Balaban J connectivity index is 2.82. The van der Waals surface area contributed by atoms with Crippen molar-refractivity contribution in [2.45, 2.75) is 40.7 Å². The number of pyridine rings is 1. The third kappa shape index (κ3) is 3.35. The Morgan fingerprint density at radius 3 is 2.61 bits per heavy atom. The van der Waals surface area contributed by atoms with Crippen molar-refractivity contribution in [3.05, 3.63) is 32.7 Å². The van der Waals surface area contributed by atoms with Gasteiger partial charge in [0.15, 0.2) is 5.43 Å². The van der Waals surface area contributed by atoms with Crippen molar-refractivity contribution in [3.63, 3.8) is 0 Å². The Morgan fingerprint density at radius 1 is 1.50 bits per heavy atom. The van der Waals surface area contributed by atoms with E-state index in [1.165, 1.54) is 6.07 Å². The summed E-state index contributed by atoms with van der Waals surface area (Å²) in [6, 6.07) is 1.32. The quantitative estimate of drug-likeness (QED) is 0.825. The van der Waals surface area contributed by atoms with Crippen molar-refractivity contribution in [1.29, 1.82) is 0 Å². The normalized spacial score (nSPS) is 11.4. The van der Waals surface area contributed by atoms with Crippen LogP contribution in [0.3, 0.4) is 0 Å². The molecule has 0 aliphatic carbocycles. The van der Waals surface area contributed by atoms with E-state index in [0.29, 0.717) is 16.4 Å². The summed E-state index contributed by atoms with van der Waals surface area (Å²) in [7, 11) is 0. The first-order valence-corrected chi connectivity index (χ1v) is 6.32. The molecule has 0 radical (unpaired) electrons. The van der Waals surface area contributed by atoms with Crippen LogP contribution >= 0.6 is 11.6 Å². The van der Waals surface area contributed by atoms with E-state index >= 15 is 0 Å². The van der Waals surface area contributed by atoms with Crippen LogP contribution in [-0.4, -0.2) is 10.9 Å². The Hall–Kier alpha value is -1.29. The van der Waals surface area contributed by atoms with Crippen LogP contribution in [0.2, 0.25) is 5.15 Å². The molecule has 1 amide bonds. The first-order chi connectivity index (χ1) is 8.27. The average molecular weight is 271 g/mol. The Morgan fingerprint density at radius 2 is 2.11 bits per heavy atom. The summed E-state index contributed by atoms with van der Waals surface area (Å²) in [6.07, 6.45) is 0.745. The molecule has 5 heteroatoms. The minimum atomic E-state index is -0.424. The van der Waals surface area contributed by atoms with Gasteiger partial charge in [0.05, 0.1) is 0 Å². The summed E-state index contributed by atoms with van der Waals surface area (Å²) in [4.78, 5) is 26.5. The zero-order chi connectivity index (χ0) is 13.9. The largest absolute Gasteiger partial charge is 0.351 e. The molecule has 0 spiro atoms. The van der Waals surface area contributed by atoms with E-state index < -0.39 is 5.41 Å². The number of hydrogen-bond acceptors (Lipinski definition) is 2. The molecule has 0 aliphatic rings. The molecule has 0 saturated heterocycles. The molecule has 1 aromatic heterocycles. The molecule has 0 aromatic carbocycles. The number of aromatic amines is 1. The second-order valence-electron chi connectivity index (χ2n) is 5.01. The number of halogens is 1. The molecule has 4 nitrogen and oxygen atoms in total. The minimum Gasteiger partial charge on any atom is -0.351 e. The fourth-order valence-corrected chi connectivity index (χ4v) is 1.71. The lowest BCUT2D eigenvalue weighted by atomic mass is 9.89. The second kappa shape index (κ2) is 5.57. The predicted octanol–water partition coefficient (Wildman–Crippen LogP) is 2.39. The van der Waals surface area contributed by atoms with E-state index in [4.69, 9.17) is 11.6 Å². The molecular formula is C13H19ClN2O2. The minimum absolute atomic E-state index is 0.0567. The average Bonchev–Trinajstić information content (AvgIpc) is 2.27. The molecule has 18 heavy (non-hydrogen) atoms. The lowest BCUT2D eigenvalue weighted by molar-refractivity contribution is -0.129. The highest BCUT2D eigenvalue weighted by Gasteiger charge is 2.25. The third-order valence-corrected chi connectivity index (χ3v) is 3.44. The highest BCUT2D eigenvalue weighted by Crippen LogP contribution is 2.19. The van der Waals surface area contributed by atoms with Crippen LogP contribution in [0.1, 0.15) is 38.4 Å². The first-order valence-electron chi connectivity index (χ1n) is 5.94. The van der Waals surface area contributed by atoms with Gasteiger partial charge in [-0.2, -0.15) is 0 Å². The van der Waals surface area contributed by atoms with Crippen LogP contribution in [0.25, 0.3) is 0 Å². The van der Waals surface area contributed by atoms with Crippen molar-refractivity contribution in [3.8, 4) is 0 Å². The predicted molar refractivity (Wildman–Crippen MR) is 72.7 cm³/mol. The van der Waals surface area contributed by atoms with Gasteiger partial charge in [-0.15, -0.1) is 0 Å². The monoisotopic (exact) mass is 270 g/mol. The highest BCUT2D eigenvalue weighted by molar-refractivity contribution is 6.29. The molecule has 0 aliphatic heterocycles. The summed E-state index contributed by atoms with van der Waals surface area (Å²) in [5.41, 5.74) is 0.639. The number of amides is 1. The molecule has 1 heterocycles. The maximum Gasteiger partial charge on any atom is 0.225 e. The van der Waals surface area contributed by atoms with E-state index in [1.807, 2.05) is 20.8 Å². The van der Waals surface area contributed by atoms with Gasteiger partial charge in [0.1, 0.15) is 5.15 Å². The van der Waals surface area contributed by atoms with Gasteiger partial charge in [0.25, 0.3) is 0 Å². The molecule has 1 rings (SSSR count). The smallest absolute Gasteiger partial charge is 0.225 e. The van der Waals surface area contributed by atoms with Crippen molar-refractivity contribution in [2.75, 3.05) is 0 Å². The fraction of sp³-hybridized carbons (Fsp3) is 0.538. The van der Waals surface area contributed by atoms with E-state index in [2.05, 4.69) is 10.3 Å². The van der Waals surface area contributed by atoms with Gasteiger partial charge in [-0.1, -0.05) is 32.4 Å². The number of H-pyrrole nitrogens is 1. The summed E-state index contributed by atoms with van der Waals surface area (Å²) in [5.74, 6) is -0.0567. The van der Waals surface area contributed by atoms with Gasteiger partial charge in [-0.3, -0.25) is 9.59 Å². The Kier molecular flexibility index (Phi) is 4.57. The molecule has 0 unspecified atom stereocenters. The van der Waals surface area contributed by atoms with Crippen LogP contribution < -0.4 is 10.7 Å². The van der Waals surface area contributed by atoms with Crippen molar-refractivity contribution < 1.29 is 4.79 Å². The molecule has 2 N–H and O–H groups in total. The zero-order valence-electron chi connectivity index (χ0n) is 11.2. The van der Waals surface area contributed by atoms with E-state index in [0.717, 1.165) is 6.42 Å². The third-order valence-electron chi connectivity index (χ3n) is 3.24. The summed E-state index contributed by atoms with van der Waals surface area (Å²) >= 11 is 5.74. The number of carbonyl (C=O) groups is 1. The lowest BCUT2D eigenvalue weighted by Gasteiger charge is -2.21. The van der Waals surface area contributed by atoms with Crippen LogP contribution in [-0.2, 0) is 11.3 Å². The molecule has 1 aromatic rings. The van der Waals surface area contributed by atoms with Crippen LogP contribution in [0, 0.1) is 12.3 Å².